The number of hydrogen-bond acceptors (Lipinski definition) is 3. The number of benzene rings is 1. The van der Waals surface area contributed by atoms with Gasteiger partial charge < -0.3 is 14.9 Å². The van der Waals surface area contributed by atoms with Crippen molar-refractivity contribution in [1.29, 1.82) is 0 Å². The third kappa shape index (κ3) is 1.56. The molecule has 0 saturated heterocycles. The maximum atomic E-state index is 10.5. The van der Waals surface area contributed by atoms with Crippen molar-refractivity contribution >= 4 is 11.6 Å². The molecule has 2 N–H and O–H groups in total. The highest BCUT2D eigenvalue weighted by molar-refractivity contribution is 6.32. The molecule has 0 unspecified atom stereocenters. The van der Waals surface area contributed by atoms with Gasteiger partial charge in [0.15, 0.2) is 0 Å². The van der Waals surface area contributed by atoms with Crippen LogP contribution >= 0.6 is 11.6 Å². The van der Waals surface area contributed by atoms with Crippen LogP contribution in [0.25, 0.3) is 5.69 Å². The first-order valence-corrected chi connectivity index (χ1v) is 7.18. The van der Waals surface area contributed by atoms with Crippen LogP contribution in [0.3, 0.4) is 0 Å². The summed E-state index contributed by atoms with van der Waals surface area (Å²) in [6.45, 7) is 0. The fourth-order valence-corrected chi connectivity index (χ4v) is 3.73. The Morgan fingerprint density at radius 1 is 1.14 bits per heavy atom. The molecule has 0 amide bonds. The van der Waals surface area contributed by atoms with Crippen LogP contribution in [0, 0.1) is 0 Å². The summed E-state index contributed by atoms with van der Waals surface area (Å²) in [7, 11) is 1.55. The van der Waals surface area contributed by atoms with Crippen LogP contribution in [0.15, 0.2) is 30.4 Å². The molecule has 4 rings (SSSR count). The number of hydrogen-bond donors (Lipinski definition) is 2. The highest BCUT2D eigenvalue weighted by Crippen LogP contribution is 2.57. The molecule has 0 radical (unpaired) electrons. The van der Waals surface area contributed by atoms with Crippen LogP contribution in [0.1, 0.15) is 29.4 Å². The number of methoxy groups -OCH3 is 1. The molecule has 0 saturated carbocycles. The monoisotopic (exact) mass is 303 g/mol. The van der Waals surface area contributed by atoms with E-state index in [9.17, 15) is 10.2 Å². The number of nitrogens with zero attached hydrogens (tertiary/aromatic N) is 1. The molecule has 4 nitrogen and oxygen atoms in total. The molecular formula is C16H14ClNO3. The topological polar surface area (TPSA) is 54.6 Å². The highest BCUT2D eigenvalue weighted by Gasteiger charge is 2.41. The van der Waals surface area contributed by atoms with Crippen molar-refractivity contribution in [3.63, 3.8) is 0 Å². The third-order valence-corrected chi connectivity index (χ3v) is 4.71. The number of fused-ring (bicyclic) bond motifs is 5. The molecule has 2 atom stereocenters. The average molecular weight is 304 g/mol. The van der Waals surface area contributed by atoms with Gasteiger partial charge in [0.25, 0.3) is 0 Å². The van der Waals surface area contributed by atoms with Gasteiger partial charge in [-0.05, 0) is 24.6 Å². The zero-order valence-electron chi connectivity index (χ0n) is 11.4. The first-order valence-electron chi connectivity index (χ1n) is 6.80. The normalized spacial score (nSPS) is 21.8. The molecule has 2 aliphatic rings. The van der Waals surface area contributed by atoms with Crippen LogP contribution in [0.5, 0.6) is 17.5 Å². The number of ether oxygens (including phenoxy) is 1. The maximum Gasteiger partial charge on any atom is 0.202 e. The number of rotatable bonds is 2. The summed E-state index contributed by atoms with van der Waals surface area (Å²) in [5.41, 5.74) is 2.29. The first-order chi connectivity index (χ1) is 10.1. The van der Waals surface area contributed by atoms with Gasteiger partial charge in [-0.15, -0.1) is 0 Å². The van der Waals surface area contributed by atoms with Gasteiger partial charge >= 0.3 is 0 Å². The summed E-state index contributed by atoms with van der Waals surface area (Å²) >= 11 is 6.13. The largest absolute Gasteiger partial charge is 0.495 e. The minimum atomic E-state index is 0.0978. The highest BCUT2D eigenvalue weighted by atomic mass is 35.5. The summed E-state index contributed by atoms with van der Waals surface area (Å²) in [5, 5.41) is 21.5. The molecule has 1 aromatic heterocycles. The van der Waals surface area contributed by atoms with E-state index in [1.165, 1.54) is 4.57 Å². The minimum Gasteiger partial charge on any atom is -0.495 e. The van der Waals surface area contributed by atoms with Gasteiger partial charge in [-0.2, -0.15) is 0 Å². The molecule has 2 bridgehead atoms. The van der Waals surface area contributed by atoms with Crippen LogP contribution < -0.4 is 4.74 Å². The van der Waals surface area contributed by atoms with E-state index in [1.807, 2.05) is 0 Å². The van der Waals surface area contributed by atoms with E-state index in [0.29, 0.717) is 16.5 Å². The molecule has 0 aliphatic heterocycles. The van der Waals surface area contributed by atoms with Gasteiger partial charge in [-0.3, -0.25) is 4.57 Å². The van der Waals surface area contributed by atoms with Gasteiger partial charge in [0.05, 0.1) is 17.8 Å². The van der Waals surface area contributed by atoms with Gasteiger partial charge in [0, 0.05) is 23.0 Å². The number of aromatic hydroxyl groups is 2. The second-order valence-electron chi connectivity index (χ2n) is 5.46. The summed E-state index contributed by atoms with van der Waals surface area (Å²) in [6, 6.07) is 5.15. The molecule has 2 aromatic rings. The van der Waals surface area contributed by atoms with Gasteiger partial charge in [0.1, 0.15) is 5.75 Å². The number of allylic oxidation sites excluding steroid dienone is 2. The van der Waals surface area contributed by atoms with Crippen molar-refractivity contribution in [2.75, 3.05) is 7.11 Å². The molecule has 1 aromatic carbocycles. The lowest BCUT2D eigenvalue weighted by molar-refractivity contribution is 0.394. The standard InChI is InChI=1S/C16H14ClNO3/c1-21-12-5-4-10(7-11(12)17)18-15(19)13-8-2-3-9(6-8)14(13)16(18)20/h2-5,7-9,19-20H,6H2,1H3/t8-,9+. The van der Waals surface area contributed by atoms with E-state index in [0.717, 1.165) is 17.5 Å². The Morgan fingerprint density at radius 3 is 2.29 bits per heavy atom. The average Bonchev–Trinajstić information content (AvgIpc) is 3.13. The Bertz CT molecular complexity index is 743. The van der Waals surface area contributed by atoms with Crippen LogP contribution in [-0.4, -0.2) is 21.9 Å². The first kappa shape index (κ1) is 12.7. The Kier molecular flexibility index (Phi) is 2.54. The fraction of sp³-hybridized carbons (Fsp3) is 0.250. The van der Waals surface area contributed by atoms with E-state index < -0.39 is 0 Å². The van der Waals surface area contributed by atoms with Crippen molar-refractivity contribution in [3.8, 4) is 23.2 Å². The lowest BCUT2D eigenvalue weighted by Gasteiger charge is -2.11. The Morgan fingerprint density at radius 2 is 1.76 bits per heavy atom. The second-order valence-corrected chi connectivity index (χ2v) is 5.87. The maximum absolute atomic E-state index is 10.5. The van der Waals surface area contributed by atoms with E-state index in [-0.39, 0.29) is 23.6 Å². The van der Waals surface area contributed by atoms with Crippen molar-refractivity contribution in [1.82, 2.24) is 4.57 Å². The predicted molar refractivity (Wildman–Crippen MR) is 79.9 cm³/mol. The van der Waals surface area contributed by atoms with E-state index in [1.54, 1.807) is 25.3 Å². The quantitative estimate of drug-likeness (QED) is 0.832. The van der Waals surface area contributed by atoms with Gasteiger partial charge in [0.2, 0.25) is 11.8 Å². The van der Waals surface area contributed by atoms with Gasteiger partial charge in [-0.1, -0.05) is 23.8 Å². The number of aromatic nitrogens is 1. The van der Waals surface area contributed by atoms with Crippen molar-refractivity contribution < 1.29 is 14.9 Å². The molecule has 0 spiro atoms. The zero-order valence-corrected chi connectivity index (χ0v) is 12.1. The molecular weight excluding hydrogens is 290 g/mol. The third-order valence-electron chi connectivity index (χ3n) is 4.41. The summed E-state index contributed by atoms with van der Waals surface area (Å²) in [5.74, 6) is 1.15. The Hall–Kier alpha value is -2.07. The lowest BCUT2D eigenvalue weighted by Crippen LogP contribution is -1.96. The van der Waals surface area contributed by atoms with Crippen molar-refractivity contribution in [2.24, 2.45) is 0 Å². The van der Waals surface area contributed by atoms with E-state index in [4.69, 9.17) is 16.3 Å². The van der Waals surface area contributed by atoms with Gasteiger partial charge in [-0.25, -0.2) is 0 Å². The zero-order chi connectivity index (χ0) is 14.7. The lowest BCUT2D eigenvalue weighted by atomic mass is 10.0. The second kappa shape index (κ2) is 4.21. The Balaban J connectivity index is 1.90. The fourth-order valence-electron chi connectivity index (χ4n) is 3.48. The molecule has 21 heavy (non-hydrogen) atoms. The molecule has 2 aliphatic carbocycles. The molecule has 108 valence electrons. The minimum absolute atomic E-state index is 0.0978. The van der Waals surface area contributed by atoms with Crippen LogP contribution in [-0.2, 0) is 0 Å². The van der Waals surface area contributed by atoms with Crippen LogP contribution in [0.2, 0.25) is 5.02 Å². The summed E-state index contributed by atoms with van der Waals surface area (Å²) < 4.78 is 6.57. The SMILES string of the molecule is COc1ccc(-n2c(O)c3c(c2O)[C@H]2C=C[C@@H]3C2)cc1Cl. The van der Waals surface area contributed by atoms with E-state index in [2.05, 4.69) is 12.2 Å². The van der Waals surface area contributed by atoms with Crippen molar-refractivity contribution in [2.45, 2.75) is 18.3 Å². The summed E-state index contributed by atoms with van der Waals surface area (Å²) in [4.78, 5) is 0. The molecule has 0 fully saturated rings. The smallest absolute Gasteiger partial charge is 0.202 e. The number of halogens is 1. The van der Waals surface area contributed by atoms with Crippen molar-refractivity contribution in [3.05, 3.63) is 46.5 Å². The Labute approximate surface area is 126 Å². The van der Waals surface area contributed by atoms with Crippen LogP contribution in [0.4, 0.5) is 0 Å². The van der Waals surface area contributed by atoms with E-state index >= 15 is 0 Å². The molecule has 5 heteroatoms. The summed E-state index contributed by atoms with van der Waals surface area (Å²) in [6.07, 6.45) is 5.13. The predicted octanol–water partition coefficient (Wildman–Crippen LogP) is 3.69. The molecule has 1 heterocycles.